The Hall–Kier alpha value is -2.81. The van der Waals surface area contributed by atoms with Crippen molar-refractivity contribution >= 4 is 29.3 Å². The van der Waals surface area contributed by atoms with Crippen LogP contribution in [0.4, 0.5) is 5.95 Å². The van der Waals surface area contributed by atoms with Gasteiger partial charge in [0.15, 0.2) is 0 Å². The molecule has 0 fully saturated rings. The highest BCUT2D eigenvalue weighted by molar-refractivity contribution is 5.81. The molecule has 1 aromatic heterocycles. The minimum absolute atomic E-state index is 0.0799. The van der Waals surface area contributed by atoms with Crippen LogP contribution < -0.4 is 10.9 Å². The van der Waals surface area contributed by atoms with Gasteiger partial charge in [-0.2, -0.15) is 0 Å². The lowest BCUT2D eigenvalue weighted by Gasteiger charge is -2.23. The van der Waals surface area contributed by atoms with Gasteiger partial charge in [0.25, 0.3) is 5.95 Å². The summed E-state index contributed by atoms with van der Waals surface area (Å²) < 4.78 is 0. The Morgan fingerprint density at radius 2 is 2.04 bits per heavy atom. The Morgan fingerprint density at radius 3 is 2.70 bits per heavy atom. The van der Waals surface area contributed by atoms with Crippen LogP contribution in [-0.2, 0) is 9.59 Å². The molecule has 0 aliphatic rings. The molecule has 9 nitrogen and oxygen atoms in total. The standard InChI is InChI=1S/C18H26N6O3/c1-4-13(5-2)9-14(10-24(27)11-25)17(26)21-23-18-19-16-12(3)7-6-8-15(16)20-22-18/h6-8,11,13-14,27H,4-5,9-10H2,1-3H3,(H,21,26)(H,19,22,23)/t14-/m1/s1. The molecule has 3 N–H and O–H groups in total. The minimum Gasteiger partial charge on any atom is -0.286 e. The van der Waals surface area contributed by atoms with Crippen LogP contribution in [0.2, 0.25) is 0 Å². The Morgan fingerprint density at radius 1 is 1.30 bits per heavy atom. The molecule has 0 aliphatic heterocycles. The highest BCUT2D eigenvalue weighted by atomic mass is 16.5. The topological polar surface area (TPSA) is 120 Å². The smallest absolute Gasteiger partial charge is 0.262 e. The van der Waals surface area contributed by atoms with Gasteiger partial charge < -0.3 is 0 Å². The number of carbonyl (C=O) groups is 2. The third kappa shape index (κ3) is 5.58. The van der Waals surface area contributed by atoms with Gasteiger partial charge in [-0.05, 0) is 30.9 Å². The second kappa shape index (κ2) is 9.77. The molecular weight excluding hydrogens is 348 g/mol. The molecule has 2 rings (SSSR count). The number of nitrogens with zero attached hydrogens (tertiary/aromatic N) is 4. The van der Waals surface area contributed by atoms with E-state index in [0.717, 1.165) is 18.4 Å². The average molecular weight is 374 g/mol. The van der Waals surface area contributed by atoms with Crippen molar-refractivity contribution in [3.05, 3.63) is 23.8 Å². The van der Waals surface area contributed by atoms with Crippen molar-refractivity contribution in [3.63, 3.8) is 0 Å². The number of aryl methyl sites for hydroxylation is 1. The number of fused-ring (bicyclic) bond motifs is 1. The third-order valence-corrected chi connectivity index (χ3v) is 4.66. The van der Waals surface area contributed by atoms with Crippen LogP contribution in [-0.4, -0.2) is 44.3 Å². The van der Waals surface area contributed by atoms with Gasteiger partial charge in [-0.3, -0.25) is 25.6 Å². The molecular formula is C18H26N6O3. The number of benzene rings is 1. The number of para-hydroxylation sites is 1. The molecule has 1 heterocycles. The summed E-state index contributed by atoms with van der Waals surface area (Å²) in [5.74, 6) is -0.422. The van der Waals surface area contributed by atoms with Crippen molar-refractivity contribution < 1.29 is 14.8 Å². The Bertz CT molecular complexity index is 781. The van der Waals surface area contributed by atoms with Crippen molar-refractivity contribution in [2.45, 2.75) is 40.0 Å². The number of hydrogen-bond donors (Lipinski definition) is 3. The predicted octanol–water partition coefficient (Wildman–Crippen LogP) is 2.07. The number of rotatable bonds is 10. The fourth-order valence-electron chi connectivity index (χ4n) is 2.93. The molecule has 27 heavy (non-hydrogen) atoms. The average Bonchev–Trinajstić information content (AvgIpc) is 2.69. The quantitative estimate of drug-likeness (QED) is 0.331. The highest BCUT2D eigenvalue weighted by Gasteiger charge is 2.24. The van der Waals surface area contributed by atoms with Gasteiger partial charge in [-0.1, -0.05) is 38.8 Å². The maximum Gasteiger partial charge on any atom is 0.262 e. The SMILES string of the molecule is CCC(CC)C[C@H](CN(O)C=O)C(=O)NNc1nnc2cccc(C)c2n1. The van der Waals surface area contributed by atoms with Crippen molar-refractivity contribution in [2.24, 2.45) is 11.8 Å². The van der Waals surface area contributed by atoms with Crippen molar-refractivity contribution in [3.8, 4) is 0 Å². The number of amides is 2. The number of hydroxylamine groups is 2. The van der Waals surface area contributed by atoms with Gasteiger partial charge in [0.1, 0.15) is 5.52 Å². The molecule has 2 aromatic rings. The van der Waals surface area contributed by atoms with E-state index in [-0.39, 0.29) is 18.4 Å². The van der Waals surface area contributed by atoms with Gasteiger partial charge in [-0.15, -0.1) is 10.2 Å². The normalized spacial score (nSPS) is 12.0. The Balaban J connectivity index is 2.07. The zero-order valence-electron chi connectivity index (χ0n) is 15.8. The monoisotopic (exact) mass is 374 g/mol. The number of hydrazine groups is 1. The first-order valence-corrected chi connectivity index (χ1v) is 9.05. The van der Waals surface area contributed by atoms with Crippen LogP contribution in [0.3, 0.4) is 0 Å². The van der Waals surface area contributed by atoms with E-state index in [1.54, 1.807) is 0 Å². The third-order valence-electron chi connectivity index (χ3n) is 4.66. The van der Waals surface area contributed by atoms with Gasteiger partial charge in [0, 0.05) is 0 Å². The predicted molar refractivity (Wildman–Crippen MR) is 101 cm³/mol. The molecule has 0 unspecified atom stereocenters. The summed E-state index contributed by atoms with van der Waals surface area (Å²) in [6.45, 7) is 5.94. The van der Waals surface area contributed by atoms with Crippen LogP contribution in [0.15, 0.2) is 18.2 Å². The Labute approximate surface area is 158 Å². The number of nitrogens with one attached hydrogen (secondary N) is 2. The number of hydrogen-bond acceptors (Lipinski definition) is 7. The first-order valence-electron chi connectivity index (χ1n) is 9.05. The summed E-state index contributed by atoms with van der Waals surface area (Å²) in [6, 6.07) is 5.60. The number of anilines is 1. The second-order valence-corrected chi connectivity index (χ2v) is 6.53. The molecule has 146 valence electrons. The van der Waals surface area contributed by atoms with Gasteiger partial charge >= 0.3 is 0 Å². The Kier molecular flexibility index (Phi) is 7.42. The number of aromatic nitrogens is 3. The van der Waals surface area contributed by atoms with E-state index in [2.05, 4.69) is 39.9 Å². The lowest BCUT2D eigenvalue weighted by molar-refractivity contribution is -0.154. The molecule has 2 amide bonds. The van der Waals surface area contributed by atoms with E-state index < -0.39 is 5.92 Å². The van der Waals surface area contributed by atoms with E-state index in [0.29, 0.717) is 34.8 Å². The van der Waals surface area contributed by atoms with Crippen molar-refractivity contribution in [1.82, 2.24) is 25.7 Å². The van der Waals surface area contributed by atoms with E-state index in [1.165, 1.54) is 0 Å². The van der Waals surface area contributed by atoms with Crippen molar-refractivity contribution in [2.75, 3.05) is 12.0 Å². The molecule has 0 bridgehead atoms. The fourth-order valence-corrected chi connectivity index (χ4v) is 2.93. The first-order chi connectivity index (χ1) is 13.0. The van der Waals surface area contributed by atoms with Crippen LogP contribution >= 0.6 is 0 Å². The summed E-state index contributed by atoms with van der Waals surface area (Å²) in [6.07, 6.45) is 2.68. The molecule has 0 saturated carbocycles. The summed E-state index contributed by atoms with van der Waals surface area (Å²) in [4.78, 5) is 27.6. The van der Waals surface area contributed by atoms with Crippen molar-refractivity contribution in [1.29, 1.82) is 0 Å². The molecule has 1 aromatic carbocycles. The zero-order chi connectivity index (χ0) is 19.8. The van der Waals surface area contributed by atoms with Gasteiger partial charge in [0.2, 0.25) is 12.3 Å². The summed E-state index contributed by atoms with van der Waals surface area (Å²) in [7, 11) is 0. The van der Waals surface area contributed by atoms with Gasteiger partial charge in [-0.25, -0.2) is 10.0 Å². The van der Waals surface area contributed by atoms with E-state index in [1.807, 2.05) is 25.1 Å². The summed E-state index contributed by atoms with van der Waals surface area (Å²) in [5, 5.41) is 18.0. The van der Waals surface area contributed by atoms with Crippen LogP contribution in [0, 0.1) is 18.8 Å². The highest BCUT2D eigenvalue weighted by Crippen LogP contribution is 2.20. The molecule has 9 heteroatoms. The summed E-state index contributed by atoms with van der Waals surface area (Å²) >= 11 is 0. The molecule has 0 aliphatic carbocycles. The lowest BCUT2D eigenvalue weighted by Crippen LogP contribution is -2.41. The van der Waals surface area contributed by atoms with Crippen LogP contribution in [0.5, 0.6) is 0 Å². The lowest BCUT2D eigenvalue weighted by atomic mass is 9.90. The van der Waals surface area contributed by atoms with Gasteiger partial charge in [0.05, 0.1) is 18.0 Å². The van der Waals surface area contributed by atoms with Crippen LogP contribution in [0.25, 0.3) is 11.0 Å². The maximum absolute atomic E-state index is 12.6. The second-order valence-electron chi connectivity index (χ2n) is 6.53. The van der Waals surface area contributed by atoms with Crippen LogP contribution in [0.1, 0.15) is 38.7 Å². The first kappa shape index (κ1) is 20.5. The maximum atomic E-state index is 12.6. The summed E-state index contributed by atoms with van der Waals surface area (Å²) in [5.41, 5.74) is 7.54. The molecule has 0 radical (unpaired) electrons. The molecule has 1 atom stereocenters. The molecule has 0 saturated heterocycles. The zero-order valence-corrected chi connectivity index (χ0v) is 15.8. The van der Waals surface area contributed by atoms with E-state index in [4.69, 9.17) is 0 Å². The van der Waals surface area contributed by atoms with E-state index in [9.17, 15) is 14.8 Å². The fraction of sp³-hybridized carbons (Fsp3) is 0.500. The van der Waals surface area contributed by atoms with E-state index >= 15 is 0 Å². The molecule has 0 spiro atoms. The number of carbonyl (C=O) groups excluding carboxylic acids is 2. The largest absolute Gasteiger partial charge is 0.286 e. The minimum atomic E-state index is -0.562.